The summed E-state index contributed by atoms with van der Waals surface area (Å²) in [6.07, 6.45) is 72.3. The van der Waals surface area contributed by atoms with E-state index in [1.165, 1.54) is 283 Å². The van der Waals surface area contributed by atoms with Crippen LogP contribution in [-0.4, -0.2) is 96.7 Å². The Morgan fingerprint density at radius 1 is 0.257 bits per heavy atom. The molecule has 109 heavy (non-hydrogen) atoms. The second-order valence-corrected chi connectivity index (χ2v) is 36.0. The van der Waals surface area contributed by atoms with Gasteiger partial charge in [-0.3, -0.25) is 37.3 Å². The van der Waals surface area contributed by atoms with Crippen LogP contribution >= 0.6 is 15.6 Å². The van der Waals surface area contributed by atoms with Gasteiger partial charge in [-0.05, 0) is 43.4 Å². The summed E-state index contributed by atoms with van der Waals surface area (Å²) < 4.78 is 69.0. The number of hydrogen-bond acceptors (Lipinski definition) is 15. The van der Waals surface area contributed by atoms with Crippen LogP contribution in [0.3, 0.4) is 0 Å². The third-order valence-electron chi connectivity index (χ3n) is 22.2. The molecule has 8 atom stereocenters. The van der Waals surface area contributed by atoms with E-state index in [0.29, 0.717) is 25.7 Å². The molecule has 648 valence electrons. The number of carbonyl (C=O) groups excluding carboxylic acids is 4. The van der Waals surface area contributed by atoms with Crippen LogP contribution in [-0.2, 0) is 65.4 Å². The number of carbonyl (C=O) groups is 4. The molecule has 0 radical (unpaired) electrons. The predicted octanol–water partition coefficient (Wildman–Crippen LogP) is 27.6. The molecule has 0 aliphatic rings. The fourth-order valence-corrected chi connectivity index (χ4v) is 15.6. The number of unbranched alkanes of at least 4 members (excludes halogenated alkanes) is 53. The van der Waals surface area contributed by atoms with Crippen molar-refractivity contribution in [2.24, 2.45) is 17.8 Å². The Hall–Kier alpha value is -1.94. The summed E-state index contributed by atoms with van der Waals surface area (Å²) in [5.74, 6) is 0.375. The maximum Gasteiger partial charge on any atom is 0.472 e. The van der Waals surface area contributed by atoms with Crippen LogP contribution in [0.25, 0.3) is 0 Å². The second kappa shape index (κ2) is 79.9. The first-order valence-corrected chi connectivity index (χ1v) is 49.5. The van der Waals surface area contributed by atoms with Crippen LogP contribution in [0.5, 0.6) is 0 Å². The molecule has 19 heteroatoms. The molecule has 0 amide bonds. The summed E-state index contributed by atoms with van der Waals surface area (Å²) in [4.78, 5) is 73.3. The molecule has 0 saturated heterocycles. The average Bonchev–Trinajstić information content (AvgIpc) is 0.899. The molecule has 0 aliphatic carbocycles. The monoisotopic (exact) mass is 1590 g/mol. The van der Waals surface area contributed by atoms with Crippen molar-refractivity contribution in [3.8, 4) is 0 Å². The first-order valence-electron chi connectivity index (χ1n) is 46.5. The Labute approximate surface area is 670 Å². The fourth-order valence-electron chi connectivity index (χ4n) is 14.0. The highest BCUT2D eigenvalue weighted by atomic mass is 31.2. The standard InChI is InChI=1S/C90H176O17P2/c1-8-12-13-14-15-16-17-18-27-35-40-45-50-59-66-74-90(95)107-86(78-101-88(93)72-65-58-53-52-56-63-70-83(7)11-4)80-105-109(98,99)103-76-84(91)75-102-108(96,97)104-79-85(106-89(94)73-67-60-51-46-41-36-31-26-22-20-24-29-33-38-43-48-55-62-69-82(6)10-3)77-100-87(92)71-64-57-49-44-39-34-30-25-21-19-23-28-32-37-42-47-54-61-68-81(5)9-2/h81-86,91H,8-80H2,1-7H3,(H,96,97)(H,98,99)/t81?,82?,83?,84-,85-,86-/m1/s1. The normalized spacial score (nSPS) is 14.6. The van der Waals surface area contributed by atoms with Gasteiger partial charge in [0.1, 0.15) is 19.3 Å². The van der Waals surface area contributed by atoms with Crippen LogP contribution in [0.1, 0.15) is 479 Å². The quantitative estimate of drug-likeness (QED) is 0.0222. The molecule has 0 spiro atoms. The molecular formula is C90H176O17P2. The molecule has 0 aromatic carbocycles. The zero-order chi connectivity index (χ0) is 80.0. The van der Waals surface area contributed by atoms with Crippen LogP contribution in [0, 0.1) is 17.8 Å². The van der Waals surface area contributed by atoms with Gasteiger partial charge in [0.15, 0.2) is 12.2 Å². The van der Waals surface area contributed by atoms with Crippen LogP contribution in [0.15, 0.2) is 0 Å². The minimum Gasteiger partial charge on any atom is -0.462 e. The second-order valence-electron chi connectivity index (χ2n) is 33.1. The summed E-state index contributed by atoms with van der Waals surface area (Å²) in [6, 6.07) is 0. The molecular weight excluding hydrogens is 1410 g/mol. The molecule has 0 heterocycles. The Morgan fingerprint density at radius 3 is 0.651 bits per heavy atom. The van der Waals surface area contributed by atoms with Gasteiger partial charge < -0.3 is 33.8 Å². The van der Waals surface area contributed by atoms with Gasteiger partial charge in [0.25, 0.3) is 0 Å². The number of hydrogen-bond donors (Lipinski definition) is 3. The first-order chi connectivity index (χ1) is 52.8. The largest absolute Gasteiger partial charge is 0.472 e. The molecule has 0 aliphatic heterocycles. The lowest BCUT2D eigenvalue weighted by Crippen LogP contribution is -2.30. The van der Waals surface area contributed by atoms with Crippen molar-refractivity contribution in [2.75, 3.05) is 39.6 Å². The molecule has 17 nitrogen and oxygen atoms in total. The average molecular weight is 1590 g/mol. The van der Waals surface area contributed by atoms with Crippen molar-refractivity contribution in [1.82, 2.24) is 0 Å². The highest BCUT2D eigenvalue weighted by Gasteiger charge is 2.31. The van der Waals surface area contributed by atoms with Gasteiger partial charge in [0.05, 0.1) is 26.4 Å². The molecule has 0 aromatic heterocycles. The van der Waals surface area contributed by atoms with Gasteiger partial charge in [0, 0.05) is 25.7 Å². The minimum atomic E-state index is -4.97. The van der Waals surface area contributed by atoms with E-state index in [9.17, 15) is 43.2 Å². The number of aliphatic hydroxyl groups excluding tert-OH is 1. The maximum absolute atomic E-state index is 13.2. The molecule has 5 unspecified atom stereocenters. The van der Waals surface area contributed by atoms with E-state index in [0.717, 1.165) is 114 Å². The van der Waals surface area contributed by atoms with E-state index < -0.39 is 97.5 Å². The van der Waals surface area contributed by atoms with Gasteiger partial charge in [-0.1, -0.05) is 427 Å². The van der Waals surface area contributed by atoms with E-state index >= 15 is 0 Å². The molecule has 3 N–H and O–H groups in total. The van der Waals surface area contributed by atoms with Crippen molar-refractivity contribution in [1.29, 1.82) is 0 Å². The van der Waals surface area contributed by atoms with Gasteiger partial charge in [-0.2, -0.15) is 0 Å². The number of esters is 4. The summed E-state index contributed by atoms with van der Waals surface area (Å²) >= 11 is 0. The van der Waals surface area contributed by atoms with E-state index in [1.807, 2.05) is 0 Å². The van der Waals surface area contributed by atoms with Crippen molar-refractivity contribution in [3.63, 3.8) is 0 Å². The smallest absolute Gasteiger partial charge is 0.462 e. The minimum absolute atomic E-state index is 0.107. The van der Waals surface area contributed by atoms with Gasteiger partial charge >= 0.3 is 39.5 Å². The highest BCUT2D eigenvalue weighted by Crippen LogP contribution is 2.45. The highest BCUT2D eigenvalue weighted by molar-refractivity contribution is 7.47. The van der Waals surface area contributed by atoms with Gasteiger partial charge in [-0.25, -0.2) is 9.13 Å². The Bertz CT molecular complexity index is 2100. The van der Waals surface area contributed by atoms with E-state index in [1.54, 1.807) is 0 Å². The van der Waals surface area contributed by atoms with Gasteiger partial charge in [-0.15, -0.1) is 0 Å². The van der Waals surface area contributed by atoms with Crippen LogP contribution < -0.4 is 0 Å². The van der Waals surface area contributed by atoms with Crippen molar-refractivity contribution >= 4 is 39.5 Å². The summed E-state index contributed by atoms with van der Waals surface area (Å²) in [6.45, 7) is 12.1. The fraction of sp³-hybridized carbons (Fsp3) is 0.956. The Balaban J connectivity index is 5.21. The number of ether oxygens (including phenoxy) is 4. The van der Waals surface area contributed by atoms with Crippen LogP contribution in [0.4, 0.5) is 0 Å². The maximum atomic E-state index is 13.2. The lowest BCUT2D eigenvalue weighted by Gasteiger charge is -2.21. The number of rotatable bonds is 88. The zero-order valence-electron chi connectivity index (χ0n) is 72.0. The molecule has 0 saturated carbocycles. The predicted molar refractivity (Wildman–Crippen MR) is 451 cm³/mol. The number of aliphatic hydroxyl groups is 1. The van der Waals surface area contributed by atoms with E-state index in [-0.39, 0.29) is 25.7 Å². The van der Waals surface area contributed by atoms with E-state index in [2.05, 4.69) is 48.5 Å². The molecule has 0 rings (SSSR count). The lowest BCUT2D eigenvalue weighted by atomic mass is 9.99. The molecule has 0 fully saturated rings. The summed E-state index contributed by atoms with van der Waals surface area (Å²) in [7, 11) is -9.93. The summed E-state index contributed by atoms with van der Waals surface area (Å²) in [5, 5.41) is 10.7. The van der Waals surface area contributed by atoms with E-state index in [4.69, 9.17) is 37.0 Å². The van der Waals surface area contributed by atoms with Gasteiger partial charge in [0.2, 0.25) is 0 Å². The van der Waals surface area contributed by atoms with Crippen molar-refractivity contribution < 1.29 is 80.2 Å². The van der Waals surface area contributed by atoms with Crippen LogP contribution in [0.2, 0.25) is 0 Å². The molecule has 0 bridgehead atoms. The first kappa shape index (κ1) is 107. The topological polar surface area (TPSA) is 237 Å². The number of phosphoric ester groups is 2. The SMILES string of the molecule is CCCCCCCCCCCCCCCCCC(=O)O[C@H](COC(=O)CCCCCCCCC(C)CC)COP(=O)(O)OC[C@H](O)COP(=O)(O)OC[C@@H](COC(=O)CCCCCCCCCCCCCCCCCCCCC(C)CC)OC(=O)CCCCCCCCCCCCCCCCCCCCC(C)CC. The molecule has 0 aromatic rings. The third-order valence-corrected chi connectivity index (χ3v) is 24.1. The van der Waals surface area contributed by atoms with Crippen molar-refractivity contribution in [3.05, 3.63) is 0 Å². The third kappa shape index (κ3) is 79.7. The summed E-state index contributed by atoms with van der Waals surface area (Å²) in [5.41, 5.74) is 0. The lowest BCUT2D eigenvalue weighted by molar-refractivity contribution is -0.161. The zero-order valence-corrected chi connectivity index (χ0v) is 73.8. The Kier molecular flexibility index (Phi) is 78.5. The number of phosphoric acid groups is 2. The van der Waals surface area contributed by atoms with Crippen molar-refractivity contribution in [2.45, 2.75) is 497 Å². The Morgan fingerprint density at radius 2 is 0.440 bits per heavy atom.